The second-order valence-corrected chi connectivity index (χ2v) is 11.1. The highest BCUT2D eigenvalue weighted by Crippen LogP contribution is 2.50. The van der Waals surface area contributed by atoms with Gasteiger partial charge in [-0.3, -0.25) is 0 Å². The van der Waals surface area contributed by atoms with E-state index in [2.05, 4.69) is 168 Å². The molecule has 43 heavy (non-hydrogen) atoms. The lowest BCUT2D eigenvalue weighted by atomic mass is 9.97. The summed E-state index contributed by atoms with van der Waals surface area (Å²) >= 11 is 0. The third-order valence-corrected chi connectivity index (χ3v) is 8.51. The minimum Gasteiger partial charge on any atom is -0.341 e. The van der Waals surface area contributed by atoms with Crippen LogP contribution in [0, 0.1) is 0 Å². The zero-order valence-corrected chi connectivity index (χ0v) is 24.1. The number of hydrogen-bond acceptors (Lipinski definition) is 3. The summed E-state index contributed by atoms with van der Waals surface area (Å²) in [5.41, 5.74) is 13.8. The molecule has 1 aromatic heterocycles. The average Bonchev–Trinajstić information content (AvgIpc) is 3.41. The Balaban J connectivity index is 1.18. The zero-order chi connectivity index (χ0) is 28.9. The van der Waals surface area contributed by atoms with Gasteiger partial charge in [-0.25, -0.2) is 4.98 Å². The number of nitrogens with zero attached hydrogens (tertiary/aromatic N) is 4. The Morgan fingerprint density at radius 3 is 1.56 bits per heavy atom. The van der Waals surface area contributed by atoms with E-state index >= 15 is 0 Å². The van der Waals surface area contributed by atoms with E-state index in [4.69, 9.17) is 4.98 Å². The van der Waals surface area contributed by atoms with Gasteiger partial charge in [0.2, 0.25) is 0 Å². The van der Waals surface area contributed by atoms with Crippen LogP contribution in [-0.2, 0) is 7.05 Å². The Hall–Kier alpha value is -5.61. The molecule has 206 valence electrons. The molecule has 7 aromatic rings. The fourth-order valence-electron chi connectivity index (χ4n) is 6.36. The van der Waals surface area contributed by atoms with Gasteiger partial charge < -0.3 is 14.4 Å². The van der Waals surface area contributed by atoms with Gasteiger partial charge in [-0.15, -0.1) is 0 Å². The molecule has 0 saturated carbocycles. The Morgan fingerprint density at radius 1 is 0.442 bits per heavy atom. The van der Waals surface area contributed by atoms with E-state index in [0.717, 1.165) is 28.1 Å². The number of hydrogen-bond donors (Lipinski definition) is 0. The molecular weight excluding hydrogens is 524 g/mol. The van der Waals surface area contributed by atoms with E-state index in [9.17, 15) is 0 Å². The van der Waals surface area contributed by atoms with Crippen LogP contribution in [-0.4, -0.2) is 16.6 Å². The summed E-state index contributed by atoms with van der Waals surface area (Å²) in [6, 6.07) is 51.9. The van der Waals surface area contributed by atoms with Crippen LogP contribution in [0.3, 0.4) is 0 Å². The maximum absolute atomic E-state index is 4.93. The van der Waals surface area contributed by atoms with Crippen molar-refractivity contribution in [3.63, 3.8) is 0 Å². The smallest absolute Gasteiger partial charge is 0.140 e. The molecule has 0 aliphatic carbocycles. The van der Waals surface area contributed by atoms with Gasteiger partial charge >= 0.3 is 0 Å². The number of benzene rings is 6. The molecule has 0 N–H and O–H groups in total. The molecule has 6 aromatic carbocycles. The van der Waals surface area contributed by atoms with E-state index < -0.39 is 0 Å². The molecule has 1 aliphatic rings. The van der Waals surface area contributed by atoms with Crippen molar-refractivity contribution < 1.29 is 0 Å². The van der Waals surface area contributed by atoms with Gasteiger partial charge in [-0.1, -0.05) is 84.9 Å². The second kappa shape index (κ2) is 10.0. The molecule has 0 unspecified atom stereocenters. The molecule has 8 rings (SSSR count). The van der Waals surface area contributed by atoms with Gasteiger partial charge in [0.05, 0.1) is 33.8 Å². The van der Waals surface area contributed by atoms with Crippen LogP contribution in [0.2, 0.25) is 0 Å². The molecule has 0 spiro atoms. The van der Waals surface area contributed by atoms with Crippen LogP contribution in [0.15, 0.2) is 146 Å². The zero-order valence-electron chi connectivity index (χ0n) is 24.1. The standard InChI is InChI=1S/C39H30N4/c1-41-35-20-5-7-22-37(35)43(38-23-8-6-21-36(38)41)32-17-11-15-30(26-32)28-13-9-12-27(24-28)29-14-10-16-31(25-29)39-40-33-18-3-4-19-34(33)42(39)2/h3-26H,1-2H3. The van der Waals surface area contributed by atoms with Crippen molar-refractivity contribution in [1.29, 1.82) is 0 Å². The monoisotopic (exact) mass is 554 g/mol. The van der Waals surface area contributed by atoms with Crippen LogP contribution in [0.4, 0.5) is 28.4 Å². The first kappa shape index (κ1) is 25.1. The van der Waals surface area contributed by atoms with Crippen LogP contribution in [0.5, 0.6) is 0 Å². The molecule has 0 radical (unpaired) electrons. The topological polar surface area (TPSA) is 24.3 Å². The first-order chi connectivity index (χ1) is 21.2. The van der Waals surface area contributed by atoms with Crippen LogP contribution in [0.25, 0.3) is 44.7 Å². The summed E-state index contributed by atoms with van der Waals surface area (Å²) in [6.45, 7) is 0. The van der Waals surface area contributed by atoms with E-state index in [-0.39, 0.29) is 0 Å². The normalized spacial score (nSPS) is 12.3. The molecule has 1 aliphatic heterocycles. The predicted molar refractivity (Wildman–Crippen MR) is 180 cm³/mol. The highest BCUT2D eigenvalue weighted by molar-refractivity contribution is 5.98. The van der Waals surface area contributed by atoms with Gasteiger partial charge in [0, 0.05) is 25.3 Å². The van der Waals surface area contributed by atoms with Gasteiger partial charge in [-0.2, -0.15) is 0 Å². The second-order valence-electron chi connectivity index (χ2n) is 11.1. The van der Waals surface area contributed by atoms with Gasteiger partial charge in [0.1, 0.15) is 5.82 Å². The predicted octanol–water partition coefficient (Wildman–Crippen LogP) is 10.1. The SMILES string of the molecule is CN1c2ccccc2N(c2cccc(-c3cccc(-c4cccc(-c5nc6ccccc6n5C)c4)c3)c2)c2ccccc21. The number of imidazole rings is 1. The summed E-state index contributed by atoms with van der Waals surface area (Å²) in [4.78, 5) is 9.58. The fourth-order valence-corrected chi connectivity index (χ4v) is 6.36. The largest absolute Gasteiger partial charge is 0.341 e. The lowest BCUT2D eigenvalue weighted by Crippen LogP contribution is -2.23. The molecule has 2 heterocycles. The quantitative estimate of drug-likeness (QED) is 0.216. The molecule has 4 heteroatoms. The molecule has 0 fully saturated rings. The first-order valence-corrected chi connectivity index (χ1v) is 14.6. The van der Waals surface area contributed by atoms with Gasteiger partial charge in [0.15, 0.2) is 0 Å². The number of para-hydroxylation sites is 6. The van der Waals surface area contributed by atoms with Crippen LogP contribution >= 0.6 is 0 Å². The van der Waals surface area contributed by atoms with Gasteiger partial charge in [-0.05, 0) is 82.9 Å². The average molecular weight is 555 g/mol. The Labute approximate surface area is 251 Å². The van der Waals surface area contributed by atoms with Crippen LogP contribution in [0.1, 0.15) is 0 Å². The van der Waals surface area contributed by atoms with Crippen molar-refractivity contribution in [3.8, 4) is 33.6 Å². The van der Waals surface area contributed by atoms with Crippen molar-refractivity contribution in [2.75, 3.05) is 16.8 Å². The Bertz CT molecular complexity index is 2090. The summed E-state index contributed by atoms with van der Waals surface area (Å²) in [7, 11) is 4.23. The van der Waals surface area contributed by atoms with Crippen molar-refractivity contribution in [3.05, 3.63) is 146 Å². The number of anilines is 5. The van der Waals surface area contributed by atoms with E-state index in [1.54, 1.807) is 0 Å². The summed E-state index contributed by atoms with van der Waals surface area (Å²) in [5, 5.41) is 0. The summed E-state index contributed by atoms with van der Waals surface area (Å²) in [5.74, 6) is 0.972. The fraction of sp³-hybridized carbons (Fsp3) is 0.0513. The maximum Gasteiger partial charge on any atom is 0.140 e. The Morgan fingerprint density at radius 2 is 0.930 bits per heavy atom. The minimum absolute atomic E-state index is 0.972. The van der Waals surface area contributed by atoms with Crippen molar-refractivity contribution in [1.82, 2.24) is 9.55 Å². The van der Waals surface area contributed by atoms with Crippen molar-refractivity contribution >= 4 is 39.5 Å². The van der Waals surface area contributed by atoms with E-state index in [1.807, 2.05) is 6.07 Å². The number of aromatic nitrogens is 2. The van der Waals surface area contributed by atoms with Crippen molar-refractivity contribution in [2.24, 2.45) is 7.05 Å². The minimum atomic E-state index is 0.972. The molecule has 0 amide bonds. The maximum atomic E-state index is 4.93. The highest BCUT2D eigenvalue weighted by atomic mass is 15.3. The highest BCUT2D eigenvalue weighted by Gasteiger charge is 2.27. The molecule has 0 saturated heterocycles. The van der Waals surface area contributed by atoms with E-state index in [0.29, 0.717) is 0 Å². The third-order valence-electron chi connectivity index (χ3n) is 8.51. The van der Waals surface area contributed by atoms with Crippen LogP contribution < -0.4 is 9.80 Å². The first-order valence-electron chi connectivity index (χ1n) is 14.6. The number of aryl methyl sites for hydroxylation is 1. The number of rotatable bonds is 4. The molecule has 0 atom stereocenters. The third kappa shape index (κ3) is 4.19. The summed E-state index contributed by atoms with van der Waals surface area (Å²) < 4.78 is 2.17. The Kier molecular flexibility index (Phi) is 5.86. The molecular formula is C39H30N4. The van der Waals surface area contributed by atoms with Gasteiger partial charge in [0.25, 0.3) is 0 Å². The number of fused-ring (bicyclic) bond motifs is 3. The lowest BCUT2D eigenvalue weighted by molar-refractivity contribution is 0.959. The summed E-state index contributed by atoms with van der Waals surface area (Å²) in [6.07, 6.45) is 0. The van der Waals surface area contributed by atoms with Crippen molar-refractivity contribution in [2.45, 2.75) is 0 Å². The molecule has 4 nitrogen and oxygen atoms in total. The molecule has 0 bridgehead atoms. The van der Waals surface area contributed by atoms with E-state index in [1.165, 1.54) is 45.0 Å². The lowest BCUT2D eigenvalue weighted by Gasteiger charge is -2.38.